The van der Waals surface area contributed by atoms with Crippen molar-refractivity contribution in [3.63, 3.8) is 0 Å². The molecule has 2 amide bonds. The van der Waals surface area contributed by atoms with Crippen LogP contribution in [0.1, 0.15) is 67.1 Å². The van der Waals surface area contributed by atoms with E-state index in [1.807, 2.05) is 37.8 Å². The highest BCUT2D eigenvalue weighted by Gasteiger charge is 2.29. The minimum absolute atomic E-state index is 0.00157. The van der Waals surface area contributed by atoms with E-state index >= 15 is 0 Å². The minimum atomic E-state index is -0.577. The van der Waals surface area contributed by atoms with E-state index in [4.69, 9.17) is 4.74 Å². The number of fused-ring (bicyclic) bond motifs is 2. The number of anilines is 1. The van der Waals surface area contributed by atoms with Crippen molar-refractivity contribution in [3.05, 3.63) is 64.7 Å². The minimum Gasteiger partial charge on any atom is -0.444 e. The maximum absolute atomic E-state index is 13.3. The van der Waals surface area contributed by atoms with Crippen LogP contribution < -0.4 is 5.32 Å². The fourth-order valence-electron chi connectivity index (χ4n) is 6.11. The molecule has 1 saturated heterocycles. The van der Waals surface area contributed by atoms with E-state index in [-0.39, 0.29) is 18.0 Å². The number of ether oxygens (including phenoxy) is 1. The fourth-order valence-corrected chi connectivity index (χ4v) is 6.11. The van der Waals surface area contributed by atoms with Gasteiger partial charge >= 0.3 is 6.09 Å². The smallest absolute Gasteiger partial charge is 0.410 e. The second-order valence-corrected chi connectivity index (χ2v) is 12.5. The Balaban J connectivity index is 1.12. The Kier molecular flexibility index (Phi) is 8.66. The molecule has 0 aromatic heterocycles. The molecule has 2 N–H and O–H groups in total. The van der Waals surface area contributed by atoms with Gasteiger partial charge in [0.2, 0.25) is 0 Å². The summed E-state index contributed by atoms with van der Waals surface area (Å²) in [4.78, 5) is 31.7. The highest BCUT2D eigenvalue weighted by atomic mass is 16.6. The summed E-state index contributed by atoms with van der Waals surface area (Å²) >= 11 is 0. The molecule has 3 aliphatic heterocycles. The molecule has 0 aliphatic carbocycles. The van der Waals surface area contributed by atoms with Gasteiger partial charge in [0.05, 0.1) is 6.10 Å². The van der Waals surface area contributed by atoms with Crippen molar-refractivity contribution in [2.45, 2.75) is 77.2 Å². The van der Waals surface area contributed by atoms with Gasteiger partial charge in [0.25, 0.3) is 5.91 Å². The number of amides is 2. The Bertz CT molecular complexity index is 1210. The van der Waals surface area contributed by atoms with Crippen LogP contribution in [-0.2, 0) is 24.1 Å². The SMILES string of the molecule is CC(C)(C)OC(=O)N1CCCC(Nc2ccc3c(c2)CCN(C[C@H](O)CN2CCc4ccccc4C2)C3=O)CC1. The lowest BCUT2D eigenvalue weighted by molar-refractivity contribution is 0.0256. The first kappa shape index (κ1) is 28.4. The Morgan fingerprint density at radius 1 is 1.00 bits per heavy atom. The van der Waals surface area contributed by atoms with Crippen molar-refractivity contribution in [2.75, 3.05) is 44.6 Å². The Labute approximate surface area is 238 Å². The number of hydrogen-bond donors (Lipinski definition) is 2. The van der Waals surface area contributed by atoms with Gasteiger partial charge in [-0.25, -0.2) is 4.79 Å². The third kappa shape index (κ3) is 7.15. The summed E-state index contributed by atoms with van der Waals surface area (Å²) in [5, 5.41) is 14.5. The quantitative estimate of drug-likeness (QED) is 0.560. The van der Waals surface area contributed by atoms with E-state index in [0.29, 0.717) is 32.7 Å². The number of nitrogens with zero attached hydrogens (tertiary/aromatic N) is 3. The molecule has 5 rings (SSSR count). The van der Waals surface area contributed by atoms with Crippen LogP contribution in [0.4, 0.5) is 10.5 Å². The van der Waals surface area contributed by atoms with Gasteiger partial charge in [-0.15, -0.1) is 0 Å². The van der Waals surface area contributed by atoms with E-state index in [2.05, 4.69) is 40.5 Å². The van der Waals surface area contributed by atoms with E-state index in [9.17, 15) is 14.7 Å². The van der Waals surface area contributed by atoms with Crippen LogP contribution in [0, 0.1) is 0 Å². The zero-order chi connectivity index (χ0) is 28.3. The lowest BCUT2D eigenvalue weighted by atomic mass is 9.97. The number of benzene rings is 2. The average Bonchev–Trinajstić information content (AvgIpc) is 3.15. The number of nitrogens with one attached hydrogen (secondary N) is 1. The molecule has 2 atom stereocenters. The van der Waals surface area contributed by atoms with Crippen LogP contribution in [0.2, 0.25) is 0 Å². The number of aliphatic hydroxyl groups excluding tert-OH is 1. The van der Waals surface area contributed by atoms with Gasteiger partial charge in [0.1, 0.15) is 5.60 Å². The number of carbonyl (C=O) groups is 2. The van der Waals surface area contributed by atoms with Crippen molar-refractivity contribution < 1.29 is 19.4 Å². The van der Waals surface area contributed by atoms with E-state index in [0.717, 1.165) is 62.0 Å². The van der Waals surface area contributed by atoms with Gasteiger partial charge in [-0.2, -0.15) is 0 Å². The number of hydrogen-bond acceptors (Lipinski definition) is 6. The van der Waals surface area contributed by atoms with Crippen LogP contribution in [0.3, 0.4) is 0 Å². The first-order chi connectivity index (χ1) is 19.1. The summed E-state index contributed by atoms with van der Waals surface area (Å²) in [6, 6.07) is 14.8. The molecule has 0 bridgehead atoms. The van der Waals surface area contributed by atoms with Crippen molar-refractivity contribution in [1.29, 1.82) is 0 Å². The van der Waals surface area contributed by atoms with Gasteiger partial charge in [-0.3, -0.25) is 9.69 Å². The summed E-state index contributed by atoms with van der Waals surface area (Å²) < 4.78 is 5.55. The molecule has 8 heteroatoms. The molecule has 3 aliphatic rings. The topological polar surface area (TPSA) is 85.3 Å². The number of carbonyl (C=O) groups excluding carboxylic acids is 2. The van der Waals surface area contributed by atoms with Gasteiger partial charge in [0, 0.05) is 63.1 Å². The predicted octanol–water partition coefficient (Wildman–Crippen LogP) is 4.31. The van der Waals surface area contributed by atoms with Gasteiger partial charge in [0.15, 0.2) is 0 Å². The molecule has 0 saturated carbocycles. The highest BCUT2D eigenvalue weighted by molar-refractivity contribution is 5.97. The summed E-state index contributed by atoms with van der Waals surface area (Å²) in [7, 11) is 0. The normalized spacial score (nSPS) is 20.8. The monoisotopic (exact) mass is 548 g/mol. The summed E-state index contributed by atoms with van der Waals surface area (Å²) in [6.45, 7) is 10.4. The van der Waals surface area contributed by atoms with E-state index in [1.54, 1.807) is 4.90 Å². The Hall–Kier alpha value is -3.10. The van der Waals surface area contributed by atoms with Gasteiger partial charge in [-0.05, 0) is 87.8 Å². The van der Waals surface area contributed by atoms with Gasteiger partial charge < -0.3 is 25.0 Å². The first-order valence-corrected chi connectivity index (χ1v) is 14.8. The molecular weight excluding hydrogens is 504 g/mol. The van der Waals surface area contributed by atoms with Crippen LogP contribution in [0.5, 0.6) is 0 Å². The summed E-state index contributed by atoms with van der Waals surface area (Å²) in [5.74, 6) is -0.00157. The number of likely N-dealkylation sites (tertiary alicyclic amines) is 1. The standard InChI is InChI=1S/C32H44N4O4/c1-32(2,3)40-31(39)35-15-6-9-26(14-18-35)33-27-10-11-29-24(19-27)13-17-36(30(29)38)22-28(37)21-34-16-12-23-7-4-5-8-25(23)20-34/h4-5,7-8,10-11,19,26,28,33,37H,6,9,12-18,20-22H2,1-3H3/t26?,28-/m1/s1. The van der Waals surface area contributed by atoms with Gasteiger partial charge in [-0.1, -0.05) is 24.3 Å². The number of rotatable bonds is 6. The second-order valence-electron chi connectivity index (χ2n) is 12.5. The average molecular weight is 549 g/mol. The molecule has 216 valence electrons. The van der Waals surface area contributed by atoms with Crippen molar-refractivity contribution in [3.8, 4) is 0 Å². The van der Waals surface area contributed by atoms with E-state index < -0.39 is 11.7 Å². The van der Waals surface area contributed by atoms with Crippen molar-refractivity contribution >= 4 is 17.7 Å². The largest absolute Gasteiger partial charge is 0.444 e. The van der Waals surface area contributed by atoms with Crippen LogP contribution in [-0.4, -0.2) is 88.8 Å². The fraction of sp³-hybridized carbons (Fsp3) is 0.562. The third-order valence-electron chi connectivity index (χ3n) is 8.13. The molecule has 1 unspecified atom stereocenters. The van der Waals surface area contributed by atoms with E-state index in [1.165, 1.54) is 11.1 Å². The Morgan fingerprint density at radius 3 is 2.58 bits per heavy atom. The molecule has 0 spiro atoms. The lowest BCUT2D eigenvalue weighted by Gasteiger charge is -2.34. The maximum atomic E-state index is 13.3. The predicted molar refractivity (Wildman–Crippen MR) is 157 cm³/mol. The van der Waals surface area contributed by atoms with Crippen LogP contribution in [0.15, 0.2) is 42.5 Å². The summed E-state index contributed by atoms with van der Waals surface area (Å²) in [5.41, 5.74) is 5.03. The molecule has 1 fully saturated rings. The van der Waals surface area contributed by atoms with Crippen molar-refractivity contribution in [2.24, 2.45) is 0 Å². The zero-order valence-electron chi connectivity index (χ0n) is 24.2. The lowest BCUT2D eigenvalue weighted by Crippen LogP contribution is -2.46. The maximum Gasteiger partial charge on any atom is 0.410 e. The van der Waals surface area contributed by atoms with Crippen LogP contribution in [0.25, 0.3) is 0 Å². The first-order valence-electron chi connectivity index (χ1n) is 14.8. The second kappa shape index (κ2) is 12.2. The third-order valence-corrected chi connectivity index (χ3v) is 8.13. The summed E-state index contributed by atoms with van der Waals surface area (Å²) in [6.07, 6.45) is 3.70. The molecule has 2 aromatic rings. The zero-order valence-corrected chi connectivity index (χ0v) is 24.2. The van der Waals surface area contributed by atoms with Crippen molar-refractivity contribution in [1.82, 2.24) is 14.7 Å². The number of β-amino-alcohol motifs (C(OH)–C–C–N with tert-alkyl or cyclic N) is 1. The Morgan fingerprint density at radius 2 is 1.77 bits per heavy atom. The molecule has 8 nitrogen and oxygen atoms in total. The molecule has 3 heterocycles. The molecular formula is C32H44N4O4. The molecule has 2 aromatic carbocycles. The number of aliphatic hydroxyl groups is 1. The van der Waals surface area contributed by atoms with Crippen LogP contribution >= 0.6 is 0 Å². The molecule has 0 radical (unpaired) electrons. The molecule has 40 heavy (non-hydrogen) atoms. The highest BCUT2D eigenvalue weighted by Crippen LogP contribution is 2.26.